The van der Waals surface area contributed by atoms with Gasteiger partial charge in [0.1, 0.15) is 11.2 Å². The number of hydrogen-bond acceptors (Lipinski definition) is 4. The van der Waals surface area contributed by atoms with Gasteiger partial charge < -0.3 is 19.5 Å². The predicted molar refractivity (Wildman–Crippen MR) is 69.0 cm³/mol. The summed E-state index contributed by atoms with van der Waals surface area (Å²) >= 11 is 0. The molecule has 1 unspecified atom stereocenters. The highest BCUT2D eigenvalue weighted by molar-refractivity contribution is 5.70. The van der Waals surface area contributed by atoms with Gasteiger partial charge in [-0.05, 0) is 34.6 Å². The molecule has 0 saturated carbocycles. The first-order chi connectivity index (χ1) is 8.52. The van der Waals surface area contributed by atoms with E-state index in [1.807, 2.05) is 27.7 Å². The van der Waals surface area contributed by atoms with Crippen LogP contribution in [0.3, 0.4) is 0 Å². The maximum atomic E-state index is 11.7. The molecule has 0 aromatic rings. The van der Waals surface area contributed by atoms with Gasteiger partial charge in [0.15, 0.2) is 0 Å². The molecule has 0 aliphatic carbocycles. The van der Waals surface area contributed by atoms with Crippen LogP contribution in [0, 0.1) is 5.92 Å². The number of ether oxygens (including phenoxy) is 2. The highest BCUT2D eigenvalue weighted by atomic mass is 16.6. The van der Waals surface area contributed by atoms with E-state index in [1.165, 1.54) is 0 Å². The number of hydrogen-bond donors (Lipinski definition) is 1. The second-order valence-electron chi connectivity index (χ2n) is 6.34. The Labute approximate surface area is 113 Å². The van der Waals surface area contributed by atoms with Crippen molar-refractivity contribution in [1.29, 1.82) is 0 Å². The summed E-state index contributed by atoms with van der Waals surface area (Å²) in [7, 11) is 0. The molecule has 1 fully saturated rings. The molecule has 1 aliphatic rings. The fourth-order valence-corrected chi connectivity index (χ4v) is 1.71. The minimum absolute atomic E-state index is 0.147. The summed E-state index contributed by atoms with van der Waals surface area (Å²) in [6.45, 7) is 9.90. The average Bonchev–Trinajstić information content (AvgIpc) is 2.19. The molecular formula is C13H23NO5. The lowest BCUT2D eigenvalue weighted by molar-refractivity contribution is -0.156. The van der Waals surface area contributed by atoms with Crippen LogP contribution in [-0.4, -0.2) is 53.0 Å². The third-order valence-electron chi connectivity index (χ3n) is 2.81. The minimum atomic E-state index is -0.882. The molecule has 1 N–H and O–H groups in total. The molecule has 19 heavy (non-hydrogen) atoms. The van der Waals surface area contributed by atoms with Crippen molar-refractivity contribution in [2.45, 2.75) is 45.8 Å². The quantitative estimate of drug-likeness (QED) is 0.844. The van der Waals surface area contributed by atoms with Gasteiger partial charge in [-0.25, -0.2) is 4.79 Å². The van der Waals surface area contributed by atoms with E-state index in [-0.39, 0.29) is 12.7 Å². The Morgan fingerprint density at radius 3 is 2.32 bits per heavy atom. The fourth-order valence-electron chi connectivity index (χ4n) is 1.71. The standard InChI is InChI=1S/C13H23NO5/c1-9(10(15)16)6-18-13(5)7-14(8-13)11(17)19-12(2,3)4/h9H,6-8H2,1-5H3,(H,15,16). The van der Waals surface area contributed by atoms with Crippen molar-refractivity contribution < 1.29 is 24.2 Å². The lowest BCUT2D eigenvalue weighted by Crippen LogP contribution is -2.64. The van der Waals surface area contributed by atoms with Crippen LogP contribution in [-0.2, 0) is 14.3 Å². The number of aliphatic carboxylic acids is 1. The van der Waals surface area contributed by atoms with E-state index in [9.17, 15) is 9.59 Å². The van der Waals surface area contributed by atoms with Gasteiger partial charge in [0.05, 0.1) is 25.6 Å². The minimum Gasteiger partial charge on any atom is -0.481 e. The van der Waals surface area contributed by atoms with E-state index < -0.39 is 23.1 Å². The molecule has 0 aromatic carbocycles. The van der Waals surface area contributed by atoms with Crippen LogP contribution >= 0.6 is 0 Å². The maximum Gasteiger partial charge on any atom is 0.410 e. The van der Waals surface area contributed by atoms with Crippen LogP contribution in [0.2, 0.25) is 0 Å². The second-order valence-corrected chi connectivity index (χ2v) is 6.34. The lowest BCUT2D eigenvalue weighted by atomic mass is 9.97. The van der Waals surface area contributed by atoms with Gasteiger partial charge >= 0.3 is 12.1 Å². The van der Waals surface area contributed by atoms with Crippen molar-refractivity contribution in [2.24, 2.45) is 5.92 Å². The van der Waals surface area contributed by atoms with Crippen molar-refractivity contribution in [3.8, 4) is 0 Å². The summed E-state index contributed by atoms with van der Waals surface area (Å²) in [6, 6.07) is 0. The molecular weight excluding hydrogens is 250 g/mol. The topological polar surface area (TPSA) is 76.1 Å². The first-order valence-corrected chi connectivity index (χ1v) is 6.37. The largest absolute Gasteiger partial charge is 0.481 e. The molecule has 1 rings (SSSR count). The Hall–Kier alpha value is -1.30. The summed E-state index contributed by atoms with van der Waals surface area (Å²) in [5.41, 5.74) is -0.984. The van der Waals surface area contributed by atoms with Crippen molar-refractivity contribution in [2.75, 3.05) is 19.7 Å². The Morgan fingerprint density at radius 2 is 1.89 bits per heavy atom. The number of amides is 1. The summed E-state index contributed by atoms with van der Waals surface area (Å²) in [6.07, 6.45) is -0.361. The van der Waals surface area contributed by atoms with Crippen LogP contribution in [0.15, 0.2) is 0 Å². The van der Waals surface area contributed by atoms with Gasteiger partial charge in [-0.2, -0.15) is 0 Å². The molecule has 6 nitrogen and oxygen atoms in total. The van der Waals surface area contributed by atoms with E-state index in [4.69, 9.17) is 14.6 Å². The molecule has 1 amide bonds. The average molecular weight is 273 g/mol. The van der Waals surface area contributed by atoms with Gasteiger partial charge in [-0.1, -0.05) is 0 Å². The summed E-state index contributed by atoms with van der Waals surface area (Å²) in [5, 5.41) is 8.77. The van der Waals surface area contributed by atoms with E-state index in [0.717, 1.165) is 0 Å². The van der Waals surface area contributed by atoms with Gasteiger partial charge in [-0.15, -0.1) is 0 Å². The number of carboxylic acid groups (broad SMARTS) is 1. The molecule has 0 spiro atoms. The zero-order valence-corrected chi connectivity index (χ0v) is 12.2. The lowest BCUT2D eigenvalue weighted by Gasteiger charge is -2.47. The Balaban J connectivity index is 2.35. The van der Waals surface area contributed by atoms with Crippen LogP contribution in [0.1, 0.15) is 34.6 Å². The molecule has 0 aromatic heterocycles. The molecule has 0 bridgehead atoms. The van der Waals surface area contributed by atoms with Gasteiger partial charge in [0.25, 0.3) is 0 Å². The smallest absolute Gasteiger partial charge is 0.410 e. The molecule has 1 heterocycles. The highest BCUT2D eigenvalue weighted by Gasteiger charge is 2.44. The fraction of sp³-hybridized carbons (Fsp3) is 0.846. The first-order valence-electron chi connectivity index (χ1n) is 6.37. The van der Waals surface area contributed by atoms with Gasteiger partial charge in [0.2, 0.25) is 0 Å². The highest BCUT2D eigenvalue weighted by Crippen LogP contribution is 2.27. The number of nitrogens with zero attached hydrogens (tertiary/aromatic N) is 1. The van der Waals surface area contributed by atoms with Crippen LogP contribution in [0.5, 0.6) is 0 Å². The second kappa shape index (κ2) is 5.36. The zero-order valence-electron chi connectivity index (χ0n) is 12.2. The number of carbonyl (C=O) groups is 2. The summed E-state index contributed by atoms with van der Waals surface area (Å²) in [4.78, 5) is 24.0. The number of rotatable bonds is 4. The van der Waals surface area contributed by atoms with Crippen molar-refractivity contribution in [3.05, 3.63) is 0 Å². The molecule has 6 heteroatoms. The molecule has 1 aliphatic heterocycles. The number of carboxylic acids is 1. The van der Waals surface area contributed by atoms with Crippen molar-refractivity contribution >= 4 is 12.1 Å². The monoisotopic (exact) mass is 273 g/mol. The molecule has 110 valence electrons. The van der Waals surface area contributed by atoms with E-state index in [2.05, 4.69) is 0 Å². The Bertz CT molecular complexity index is 355. The van der Waals surface area contributed by atoms with E-state index in [1.54, 1.807) is 11.8 Å². The first kappa shape index (κ1) is 15.8. The predicted octanol–water partition coefficient (Wildman–Crippen LogP) is 1.73. The van der Waals surface area contributed by atoms with Gasteiger partial charge in [0, 0.05) is 0 Å². The number of likely N-dealkylation sites (tertiary alicyclic amines) is 1. The Morgan fingerprint density at radius 1 is 1.37 bits per heavy atom. The molecule has 1 saturated heterocycles. The van der Waals surface area contributed by atoms with Crippen molar-refractivity contribution in [1.82, 2.24) is 4.90 Å². The normalized spacial score (nSPS) is 19.5. The van der Waals surface area contributed by atoms with Crippen LogP contribution in [0.25, 0.3) is 0 Å². The molecule has 1 atom stereocenters. The third kappa shape index (κ3) is 4.70. The van der Waals surface area contributed by atoms with E-state index in [0.29, 0.717) is 13.1 Å². The number of carbonyl (C=O) groups excluding carboxylic acids is 1. The van der Waals surface area contributed by atoms with Gasteiger partial charge in [-0.3, -0.25) is 4.79 Å². The SMILES string of the molecule is CC(COC1(C)CN(C(=O)OC(C)(C)C)C1)C(=O)O. The molecule has 0 radical (unpaired) electrons. The van der Waals surface area contributed by atoms with Crippen molar-refractivity contribution in [3.63, 3.8) is 0 Å². The Kier molecular flexibility index (Phi) is 4.45. The van der Waals surface area contributed by atoms with Crippen LogP contribution < -0.4 is 0 Å². The van der Waals surface area contributed by atoms with Crippen LogP contribution in [0.4, 0.5) is 4.79 Å². The zero-order chi connectivity index (χ0) is 14.8. The summed E-state index contributed by atoms with van der Waals surface area (Å²) < 4.78 is 10.8. The maximum absolute atomic E-state index is 11.7. The van der Waals surface area contributed by atoms with E-state index >= 15 is 0 Å². The summed E-state index contributed by atoms with van der Waals surface area (Å²) in [5.74, 6) is -1.43. The third-order valence-corrected chi connectivity index (χ3v) is 2.81.